The Morgan fingerprint density at radius 3 is 2.30 bits per heavy atom. The van der Waals surface area contributed by atoms with Crippen LogP contribution in [0.2, 0.25) is 0 Å². The molecule has 1 amide bonds. The van der Waals surface area contributed by atoms with Gasteiger partial charge >= 0.3 is 0 Å². The van der Waals surface area contributed by atoms with E-state index in [0.29, 0.717) is 13.0 Å². The van der Waals surface area contributed by atoms with Crippen LogP contribution in [-0.4, -0.2) is 24.2 Å². The van der Waals surface area contributed by atoms with Crippen LogP contribution in [0.5, 0.6) is 0 Å². The van der Waals surface area contributed by atoms with Crippen LogP contribution in [0.25, 0.3) is 0 Å². The van der Waals surface area contributed by atoms with Crippen LogP contribution in [0.3, 0.4) is 0 Å². The smallest absolute Gasteiger partial charge is 0.220 e. The Bertz CT molecular complexity index is 507. The Labute approximate surface area is 140 Å². The van der Waals surface area contributed by atoms with Gasteiger partial charge in [0.25, 0.3) is 0 Å². The minimum Gasteiger partial charge on any atom is -0.396 e. The zero-order valence-corrected chi connectivity index (χ0v) is 14.8. The molecule has 128 valence electrons. The normalized spacial score (nSPS) is 17.2. The molecule has 2 N–H and O–H groups in total. The summed E-state index contributed by atoms with van der Waals surface area (Å²) >= 11 is 0. The Balaban J connectivity index is 1.78. The van der Waals surface area contributed by atoms with Gasteiger partial charge in [-0.2, -0.15) is 0 Å². The fourth-order valence-corrected chi connectivity index (χ4v) is 3.32. The minimum atomic E-state index is -0.0655. The molecule has 0 aromatic heterocycles. The van der Waals surface area contributed by atoms with Crippen molar-refractivity contribution in [3.8, 4) is 0 Å². The number of carbonyl (C=O) groups excluding carboxylic acids is 1. The number of aliphatic hydroxyl groups is 1. The highest BCUT2D eigenvalue weighted by atomic mass is 16.3. The number of benzene rings is 1. The molecule has 0 heterocycles. The Morgan fingerprint density at radius 2 is 1.78 bits per heavy atom. The summed E-state index contributed by atoms with van der Waals surface area (Å²) in [5.41, 5.74) is 2.61. The maximum Gasteiger partial charge on any atom is 0.220 e. The molecule has 3 heteroatoms. The van der Waals surface area contributed by atoms with Crippen LogP contribution in [0.1, 0.15) is 64.0 Å². The summed E-state index contributed by atoms with van der Waals surface area (Å²) in [4.78, 5) is 12.1. The molecule has 0 bridgehead atoms. The van der Waals surface area contributed by atoms with E-state index in [4.69, 9.17) is 0 Å². The molecule has 1 aliphatic rings. The number of amides is 1. The second-order valence-corrected chi connectivity index (χ2v) is 8.09. The van der Waals surface area contributed by atoms with Crippen LogP contribution in [-0.2, 0) is 16.6 Å². The molecule has 1 aromatic rings. The van der Waals surface area contributed by atoms with Gasteiger partial charge in [-0.3, -0.25) is 4.79 Å². The number of nitrogens with one attached hydrogen (secondary N) is 1. The molecular formula is C20H31NO2. The third kappa shape index (κ3) is 5.07. The SMILES string of the molecule is CC(C)(C)c1ccc(CCC(=O)NCC2(CO)CCCC2)cc1. The fraction of sp³-hybridized carbons (Fsp3) is 0.650. The largest absolute Gasteiger partial charge is 0.396 e. The maximum atomic E-state index is 12.1. The monoisotopic (exact) mass is 317 g/mol. The molecule has 1 saturated carbocycles. The van der Waals surface area contributed by atoms with Gasteiger partial charge in [-0.05, 0) is 35.8 Å². The molecule has 0 atom stereocenters. The second kappa shape index (κ2) is 7.48. The lowest BCUT2D eigenvalue weighted by molar-refractivity contribution is -0.121. The van der Waals surface area contributed by atoms with Gasteiger partial charge in [0.2, 0.25) is 5.91 Å². The van der Waals surface area contributed by atoms with E-state index in [2.05, 4.69) is 50.4 Å². The van der Waals surface area contributed by atoms with E-state index >= 15 is 0 Å². The third-order valence-electron chi connectivity index (χ3n) is 5.12. The molecule has 1 fully saturated rings. The molecule has 0 saturated heterocycles. The highest BCUT2D eigenvalue weighted by Gasteiger charge is 2.33. The molecule has 3 nitrogen and oxygen atoms in total. The van der Waals surface area contributed by atoms with E-state index in [-0.39, 0.29) is 23.3 Å². The van der Waals surface area contributed by atoms with Gasteiger partial charge in [0.05, 0.1) is 6.61 Å². The molecule has 0 aliphatic heterocycles. The van der Waals surface area contributed by atoms with Crippen LogP contribution in [0.15, 0.2) is 24.3 Å². The van der Waals surface area contributed by atoms with Crippen LogP contribution < -0.4 is 5.32 Å². The van der Waals surface area contributed by atoms with Crippen molar-refractivity contribution in [2.45, 2.75) is 64.7 Å². The molecule has 1 aliphatic carbocycles. The van der Waals surface area contributed by atoms with Crippen molar-refractivity contribution in [2.75, 3.05) is 13.2 Å². The average molecular weight is 317 g/mol. The van der Waals surface area contributed by atoms with E-state index in [1.54, 1.807) is 0 Å². The van der Waals surface area contributed by atoms with E-state index in [9.17, 15) is 9.90 Å². The first-order chi connectivity index (χ1) is 10.8. The summed E-state index contributed by atoms with van der Waals surface area (Å²) < 4.78 is 0. The van der Waals surface area contributed by atoms with E-state index in [1.165, 1.54) is 11.1 Å². The zero-order chi connectivity index (χ0) is 16.9. The number of hydrogen-bond donors (Lipinski definition) is 2. The highest BCUT2D eigenvalue weighted by molar-refractivity contribution is 5.76. The minimum absolute atomic E-state index is 0.0655. The van der Waals surface area contributed by atoms with Gasteiger partial charge in [0, 0.05) is 18.4 Å². The lowest BCUT2D eigenvalue weighted by atomic mass is 9.86. The van der Waals surface area contributed by atoms with Gasteiger partial charge in [0.1, 0.15) is 0 Å². The summed E-state index contributed by atoms with van der Waals surface area (Å²) in [5, 5.41) is 12.6. The van der Waals surface area contributed by atoms with Crippen molar-refractivity contribution in [3.05, 3.63) is 35.4 Å². The molecule has 0 unspecified atom stereocenters. The number of aliphatic hydroxyl groups excluding tert-OH is 1. The summed E-state index contributed by atoms with van der Waals surface area (Å²) in [6.07, 6.45) is 5.65. The number of hydrogen-bond acceptors (Lipinski definition) is 2. The van der Waals surface area contributed by atoms with Gasteiger partial charge in [0.15, 0.2) is 0 Å². The van der Waals surface area contributed by atoms with E-state index in [1.807, 2.05) is 0 Å². The quantitative estimate of drug-likeness (QED) is 0.842. The lowest BCUT2D eigenvalue weighted by Gasteiger charge is -2.26. The van der Waals surface area contributed by atoms with Crippen LogP contribution in [0, 0.1) is 5.41 Å². The lowest BCUT2D eigenvalue weighted by Crippen LogP contribution is -2.38. The first-order valence-electron chi connectivity index (χ1n) is 8.82. The first-order valence-corrected chi connectivity index (χ1v) is 8.82. The van der Waals surface area contributed by atoms with Crippen molar-refractivity contribution in [1.29, 1.82) is 0 Å². The Kier molecular flexibility index (Phi) is 5.85. The fourth-order valence-electron chi connectivity index (χ4n) is 3.32. The molecule has 0 spiro atoms. The topological polar surface area (TPSA) is 49.3 Å². The second-order valence-electron chi connectivity index (χ2n) is 8.09. The average Bonchev–Trinajstić information content (AvgIpc) is 3.00. The Morgan fingerprint density at radius 1 is 1.17 bits per heavy atom. The van der Waals surface area contributed by atoms with E-state index in [0.717, 1.165) is 32.1 Å². The van der Waals surface area contributed by atoms with Crippen molar-refractivity contribution >= 4 is 5.91 Å². The predicted molar refractivity (Wildman–Crippen MR) is 94.5 cm³/mol. The summed E-state index contributed by atoms with van der Waals surface area (Å²) in [6, 6.07) is 8.57. The van der Waals surface area contributed by atoms with Crippen molar-refractivity contribution in [3.63, 3.8) is 0 Å². The van der Waals surface area contributed by atoms with Gasteiger partial charge in [-0.1, -0.05) is 57.9 Å². The van der Waals surface area contributed by atoms with Gasteiger partial charge in [-0.25, -0.2) is 0 Å². The molecular weight excluding hydrogens is 286 g/mol. The van der Waals surface area contributed by atoms with Crippen molar-refractivity contribution in [1.82, 2.24) is 5.32 Å². The van der Waals surface area contributed by atoms with Crippen LogP contribution in [0.4, 0.5) is 0 Å². The summed E-state index contributed by atoms with van der Waals surface area (Å²) in [5.74, 6) is 0.0876. The first kappa shape index (κ1) is 18.0. The summed E-state index contributed by atoms with van der Waals surface area (Å²) in [6.45, 7) is 7.41. The third-order valence-corrected chi connectivity index (χ3v) is 5.12. The highest BCUT2D eigenvalue weighted by Crippen LogP contribution is 2.36. The zero-order valence-electron chi connectivity index (χ0n) is 14.8. The number of carbonyl (C=O) groups is 1. The molecule has 1 aromatic carbocycles. The van der Waals surface area contributed by atoms with Crippen molar-refractivity contribution < 1.29 is 9.90 Å². The van der Waals surface area contributed by atoms with Gasteiger partial charge < -0.3 is 10.4 Å². The van der Waals surface area contributed by atoms with E-state index < -0.39 is 0 Å². The maximum absolute atomic E-state index is 12.1. The molecule has 2 rings (SSSR count). The standard InChI is InChI=1S/C20H31NO2/c1-19(2,3)17-9-6-16(7-10-17)8-11-18(23)21-14-20(15-22)12-4-5-13-20/h6-7,9-10,22H,4-5,8,11-15H2,1-3H3,(H,21,23). The van der Waals surface area contributed by atoms with Gasteiger partial charge in [-0.15, -0.1) is 0 Å². The Hall–Kier alpha value is -1.35. The molecule has 0 radical (unpaired) electrons. The molecule has 23 heavy (non-hydrogen) atoms. The van der Waals surface area contributed by atoms with Crippen molar-refractivity contribution in [2.24, 2.45) is 5.41 Å². The number of rotatable bonds is 6. The summed E-state index contributed by atoms with van der Waals surface area (Å²) in [7, 11) is 0. The van der Waals surface area contributed by atoms with Crippen LogP contribution >= 0.6 is 0 Å². The number of aryl methyl sites for hydroxylation is 1. The predicted octanol–water partition coefficient (Wildman–Crippen LogP) is 3.59.